The summed E-state index contributed by atoms with van der Waals surface area (Å²) >= 11 is 0. The largest absolute Gasteiger partial charge is 0.403 e. The van der Waals surface area contributed by atoms with Crippen molar-refractivity contribution in [2.75, 3.05) is 24.5 Å². The van der Waals surface area contributed by atoms with Crippen LogP contribution in [0.15, 0.2) is 55.0 Å². The first-order chi connectivity index (χ1) is 15.6. The Morgan fingerprint density at radius 2 is 1.69 bits per heavy atom. The van der Waals surface area contributed by atoms with Gasteiger partial charge in [-0.25, -0.2) is 24.5 Å². The average molecular weight is 431 g/mol. The van der Waals surface area contributed by atoms with Crippen LogP contribution in [-0.2, 0) is 19.1 Å². The lowest BCUT2D eigenvalue weighted by atomic mass is 10.1. The zero-order valence-corrected chi connectivity index (χ0v) is 17.2. The number of aromatic nitrogens is 3. The number of carbonyl (C=O) groups excluding carboxylic acids is 2. The van der Waals surface area contributed by atoms with Gasteiger partial charge < -0.3 is 19.4 Å². The van der Waals surface area contributed by atoms with Gasteiger partial charge in [-0.15, -0.1) is 0 Å². The highest BCUT2D eigenvalue weighted by Crippen LogP contribution is 2.36. The van der Waals surface area contributed by atoms with Gasteiger partial charge >= 0.3 is 17.8 Å². The number of anilines is 1. The molecule has 0 atom stereocenters. The average Bonchev–Trinajstić information content (AvgIpc) is 3.11. The summed E-state index contributed by atoms with van der Waals surface area (Å²) in [5.74, 6) is -2.16. The van der Waals surface area contributed by atoms with Crippen LogP contribution in [0.1, 0.15) is 12.8 Å². The third-order valence-electron chi connectivity index (χ3n) is 6.41. The van der Waals surface area contributed by atoms with Crippen LogP contribution in [0.2, 0.25) is 0 Å². The molecule has 9 heteroatoms. The molecule has 6 heterocycles. The molecule has 0 saturated carbocycles. The molecular weight excluding hydrogens is 410 g/mol. The number of nitrogens with one attached hydrogen (secondary N) is 1. The number of nitrogens with zero attached hydrogens (tertiary/aromatic N) is 4. The van der Waals surface area contributed by atoms with Crippen molar-refractivity contribution in [1.82, 2.24) is 19.9 Å². The maximum atomic E-state index is 12.2. The monoisotopic (exact) mass is 431 g/mol. The van der Waals surface area contributed by atoms with Crippen LogP contribution in [0.5, 0.6) is 0 Å². The summed E-state index contributed by atoms with van der Waals surface area (Å²) in [5, 5.41) is 1.12. The van der Waals surface area contributed by atoms with Gasteiger partial charge in [-0.3, -0.25) is 0 Å². The fraction of sp³-hybridized carbons (Fsp3) is 0.304. The van der Waals surface area contributed by atoms with E-state index in [0.29, 0.717) is 19.0 Å². The van der Waals surface area contributed by atoms with E-state index in [4.69, 9.17) is 9.47 Å². The first-order valence-electron chi connectivity index (χ1n) is 10.6. The minimum atomic E-state index is -1.48. The van der Waals surface area contributed by atoms with Gasteiger partial charge in [0.25, 0.3) is 0 Å². The summed E-state index contributed by atoms with van der Waals surface area (Å²) in [6, 6.07) is 8.36. The van der Waals surface area contributed by atoms with Gasteiger partial charge in [0, 0.05) is 61.0 Å². The summed E-state index contributed by atoms with van der Waals surface area (Å²) in [5.41, 5.74) is 3.01. The van der Waals surface area contributed by atoms with Gasteiger partial charge in [-0.1, -0.05) is 6.07 Å². The number of piperidine rings is 1. The zero-order chi connectivity index (χ0) is 21.7. The number of rotatable bonds is 2. The molecule has 2 aromatic heterocycles. The van der Waals surface area contributed by atoms with Crippen LogP contribution in [0, 0.1) is 0 Å². The van der Waals surface area contributed by atoms with Crippen molar-refractivity contribution in [1.29, 1.82) is 0 Å². The van der Waals surface area contributed by atoms with Crippen LogP contribution >= 0.6 is 0 Å². The predicted molar refractivity (Wildman–Crippen MR) is 115 cm³/mol. The standard InChI is InChI=1S/C23H21N5O4/c29-20-3-4-21(30)32-23(31-20)14-28(18-6-9-27(23)10-7-18)22-25-12-17(13-26-22)15-1-2-19-16(11-15)5-8-24-19/h1-5,8,11-13,18,24H,6-7,9-10,14H2. The maximum absolute atomic E-state index is 12.2. The molecule has 0 unspecified atom stereocenters. The topological polar surface area (TPSA) is 101 Å². The lowest BCUT2D eigenvalue weighted by Crippen LogP contribution is -2.58. The molecule has 4 aliphatic heterocycles. The van der Waals surface area contributed by atoms with E-state index in [0.717, 1.165) is 47.0 Å². The van der Waals surface area contributed by atoms with E-state index >= 15 is 0 Å². The Bertz CT molecular complexity index is 1210. The molecule has 162 valence electrons. The van der Waals surface area contributed by atoms with Crippen LogP contribution in [-0.4, -0.2) is 63.4 Å². The number of carbonyl (C=O) groups is 2. The van der Waals surface area contributed by atoms with Gasteiger partial charge in [-0.2, -0.15) is 0 Å². The van der Waals surface area contributed by atoms with Gasteiger partial charge in [0.05, 0.1) is 0 Å². The number of aromatic amines is 1. The SMILES string of the molecule is O=C1C=CC(=O)OC2(CN(c3ncc(-c4ccc5[nH]ccc5c4)cn3)C3CCN2CC3)O1. The molecule has 9 nitrogen and oxygen atoms in total. The minimum Gasteiger partial charge on any atom is -0.403 e. The van der Waals surface area contributed by atoms with E-state index in [1.54, 1.807) is 12.4 Å². The molecular formula is C23H21N5O4. The van der Waals surface area contributed by atoms with E-state index in [1.807, 2.05) is 34.2 Å². The fourth-order valence-corrected chi connectivity index (χ4v) is 4.78. The number of ether oxygens (including phenoxy) is 2. The Labute approximate surface area is 183 Å². The highest BCUT2D eigenvalue weighted by molar-refractivity contribution is 5.93. The van der Waals surface area contributed by atoms with Crippen molar-refractivity contribution in [3.8, 4) is 11.1 Å². The molecule has 1 N–H and O–H groups in total. The molecule has 0 amide bonds. The maximum Gasteiger partial charge on any atom is 0.339 e. The number of esters is 2. The number of fused-ring (bicyclic) bond motifs is 4. The van der Waals surface area contributed by atoms with Crippen molar-refractivity contribution >= 4 is 28.8 Å². The van der Waals surface area contributed by atoms with Gasteiger partial charge in [0.1, 0.15) is 6.54 Å². The second kappa shape index (κ2) is 7.16. The van der Waals surface area contributed by atoms with E-state index in [2.05, 4.69) is 21.0 Å². The summed E-state index contributed by atoms with van der Waals surface area (Å²) in [6.45, 7) is 1.46. The second-order valence-electron chi connectivity index (χ2n) is 8.29. The van der Waals surface area contributed by atoms with E-state index in [-0.39, 0.29) is 12.6 Å². The molecule has 2 bridgehead atoms. The number of benzene rings is 1. The smallest absolute Gasteiger partial charge is 0.339 e. The van der Waals surface area contributed by atoms with Gasteiger partial charge in [-0.05, 0) is 42.0 Å². The molecule has 7 rings (SSSR count). The molecule has 0 aliphatic carbocycles. The molecule has 0 radical (unpaired) electrons. The lowest BCUT2D eigenvalue weighted by molar-refractivity contribution is -0.274. The van der Waals surface area contributed by atoms with Gasteiger partial charge in [0.15, 0.2) is 0 Å². The molecule has 4 aliphatic rings. The molecule has 32 heavy (non-hydrogen) atoms. The van der Waals surface area contributed by atoms with E-state index < -0.39 is 17.8 Å². The Kier molecular flexibility index (Phi) is 4.25. The zero-order valence-electron chi connectivity index (χ0n) is 17.2. The third kappa shape index (κ3) is 3.13. The Balaban J connectivity index is 1.33. The summed E-state index contributed by atoms with van der Waals surface area (Å²) in [7, 11) is 0. The summed E-state index contributed by atoms with van der Waals surface area (Å²) in [6.07, 6.45) is 9.38. The molecule has 1 aromatic carbocycles. The van der Waals surface area contributed by atoms with E-state index in [1.165, 1.54) is 0 Å². The number of H-pyrrole nitrogens is 1. The van der Waals surface area contributed by atoms with E-state index in [9.17, 15) is 9.59 Å². The molecule has 3 fully saturated rings. The van der Waals surface area contributed by atoms with Gasteiger partial charge in [0.2, 0.25) is 5.95 Å². The number of hydrogen-bond donors (Lipinski definition) is 1. The molecule has 3 saturated heterocycles. The van der Waals surface area contributed by atoms with Crippen LogP contribution in [0.25, 0.3) is 22.0 Å². The first-order valence-corrected chi connectivity index (χ1v) is 10.6. The minimum absolute atomic E-state index is 0.158. The Morgan fingerprint density at radius 1 is 0.969 bits per heavy atom. The van der Waals surface area contributed by atoms with Crippen LogP contribution in [0.4, 0.5) is 5.95 Å². The fourth-order valence-electron chi connectivity index (χ4n) is 4.78. The van der Waals surface area contributed by atoms with Crippen molar-refractivity contribution in [3.63, 3.8) is 0 Å². The van der Waals surface area contributed by atoms with Crippen molar-refractivity contribution in [2.45, 2.75) is 24.8 Å². The second-order valence-corrected chi connectivity index (χ2v) is 8.29. The highest BCUT2D eigenvalue weighted by atomic mass is 16.8. The third-order valence-corrected chi connectivity index (χ3v) is 6.41. The summed E-state index contributed by atoms with van der Waals surface area (Å²) < 4.78 is 11.3. The Morgan fingerprint density at radius 3 is 2.41 bits per heavy atom. The van der Waals surface area contributed by atoms with Crippen molar-refractivity contribution < 1.29 is 19.1 Å². The van der Waals surface area contributed by atoms with Crippen molar-refractivity contribution in [3.05, 3.63) is 55.0 Å². The number of hydrogen-bond acceptors (Lipinski definition) is 8. The Hall–Kier alpha value is -3.72. The lowest BCUT2D eigenvalue weighted by Gasteiger charge is -2.39. The normalized spacial score (nSPS) is 24.3. The highest BCUT2D eigenvalue weighted by Gasteiger charge is 2.53. The molecule has 1 spiro atoms. The van der Waals surface area contributed by atoms with Crippen LogP contribution < -0.4 is 4.90 Å². The quantitative estimate of drug-likeness (QED) is 0.617. The predicted octanol–water partition coefficient (Wildman–Crippen LogP) is 2.22. The first kappa shape index (κ1) is 19.0. The summed E-state index contributed by atoms with van der Waals surface area (Å²) in [4.78, 5) is 40.8. The van der Waals surface area contributed by atoms with Crippen LogP contribution in [0.3, 0.4) is 0 Å². The van der Waals surface area contributed by atoms with Crippen molar-refractivity contribution in [2.24, 2.45) is 0 Å². The molecule has 3 aromatic rings.